The van der Waals surface area contributed by atoms with Crippen LogP contribution in [0.1, 0.15) is 26.7 Å². The summed E-state index contributed by atoms with van der Waals surface area (Å²) in [7, 11) is 0. The molecule has 0 radical (unpaired) electrons. The highest BCUT2D eigenvalue weighted by Crippen LogP contribution is 2.57. The van der Waals surface area contributed by atoms with Gasteiger partial charge in [-0.2, -0.15) is 11.8 Å². The van der Waals surface area contributed by atoms with Crippen molar-refractivity contribution in [2.45, 2.75) is 38.0 Å². The van der Waals surface area contributed by atoms with E-state index in [1.165, 1.54) is 18.6 Å². The third-order valence-corrected chi connectivity index (χ3v) is 4.84. The maximum Gasteiger partial charge on any atom is 0.0139 e. The number of rotatable bonds is 1. The number of thioether (sulfide) groups is 1. The third-order valence-electron chi connectivity index (χ3n) is 3.36. The molecule has 0 bridgehead atoms. The van der Waals surface area contributed by atoms with Crippen LogP contribution in [0.15, 0.2) is 0 Å². The summed E-state index contributed by atoms with van der Waals surface area (Å²) in [5, 5.41) is 0.889. The summed E-state index contributed by atoms with van der Waals surface area (Å²) in [6.07, 6.45) is 2.82. The van der Waals surface area contributed by atoms with Crippen molar-refractivity contribution in [3.05, 3.63) is 0 Å². The molecule has 1 saturated heterocycles. The molecule has 2 rings (SSSR count). The molecule has 2 heteroatoms. The Balaban J connectivity index is 1.98. The first-order valence-corrected chi connectivity index (χ1v) is 5.56. The highest BCUT2D eigenvalue weighted by Gasteiger charge is 2.59. The van der Waals surface area contributed by atoms with Gasteiger partial charge in [-0.25, -0.2) is 0 Å². The Kier molecular flexibility index (Phi) is 1.73. The topological polar surface area (TPSA) is 26.0 Å². The lowest BCUT2D eigenvalue weighted by molar-refractivity contribution is 0.532. The molecule has 1 aliphatic heterocycles. The van der Waals surface area contributed by atoms with Crippen LogP contribution in [0.4, 0.5) is 0 Å². The van der Waals surface area contributed by atoms with Gasteiger partial charge in [0, 0.05) is 11.3 Å². The highest BCUT2D eigenvalue weighted by atomic mass is 32.2. The predicted molar refractivity (Wildman–Crippen MR) is 50.7 cm³/mol. The Bertz CT molecular complexity index is 161. The molecule has 1 aliphatic carbocycles. The van der Waals surface area contributed by atoms with Crippen molar-refractivity contribution in [1.29, 1.82) is 0 Å². The fourth-order valence-electron chi connectivity index (χ4n) is 2.31. The molecule has 2 N–H and O–H groups in total. The first-order chi connectivity index (χ1) is 5.14. The molecule has 0 spiro atoms. The first kappa shape index (κ1) is 7.93. The molecule has 11 heavy (non-hydrogen) atoms. The Labute approximate surface area is 73.1 Å². The van der Waals surface area contributed by atoms with Gasteiger partial charge in [-0.3, -0.25) is 0 Å². The minimum absolute atomic E-state index is 0.446. The Morgan fingerprint density at radius 3 is 2.45 bits per heavy atom. The van der Waals surface area contributed by atoms with E-state index in [0.717, 1.165) is 11.2 Å². The smallest absolute Gasteiger partial charge is 0.0139 e. The number of nitrogens with two attached hydrogens (primary N) is 1. The average molecular weight is 171 g/mol. The minimum Gasteiger partial charge on any atom is -0.327 e. The van der Waals surface area contributed by atoms with E-state index in [1.807, 2.05) is 0 Å². The van der Waals surface area contributed by atoms with Gasteiger partial charge >= 0.3 is 0 Å². The molecule has 1 heterocycles. The second kappa shape index (κ2) is 2.40. The van der Waals surface area contributed by atoms with Crippen LogP contribution >= 0.6 is 11.8 Å². The molecule has 0 aromatic carbocycles. The summed E-state index contributed by atoms with van der Waals surface area (Å²) in [6, 6.07) is 0.484. The SMILES string of the molecule is CC1(C)[C@H](N)[C@H]1C1CCCS1. The van der Waals surface area contributed by atoms with Crippen molar-refractivity contribution in [3.8, 4) is 0 Å². The van der Waals surface area contributed by atoms with Gasteiger partial charge in [-0.1, -0.05) is 13.8 Å². The van der Waals surface area contributed by atoms with E-state index < -0.39 is 0 Å². The molecule has 2 aliphatic rings. The zero-order valence-electron chi connectivity index (χ0n) is 7.34. The first-order valence-electron chi connectivity index (χ1n) is 4.51. The van der Waals surface area contributed by atoms with Crippen LogP contribution in [-0.2, 0) is 0 Å². The van der Waals surface area contributed by atoms with Crippen LogP contribution in [0.5, 0.6) is 0 Å². The summed E-state index contributed by atoms with van der Waals surface area (Å²) < 4.78 is 0. The Morgan fingerprint density at radius 2 is 2.09 bits per heavy atom. The van der Waals surface area contributed by atoms with Crippen LogP contribution in [-0.4, -0.2) is 17.0 Å². The standard InChI is InChI=1S/C9H17NS/c1-9(2)7(8(9)10)6-4-3-5-11-6/h6-8H,3-5,10H2,1-2H3/t6?,7-,8-/m1/s1. The lowest BCUT2D eigenvalue weighted by Crippen LogP contribution is -2.10. The van der Waals surface area contributed by atoms with E-state index in [0.29, 0.717) is 11.5 Å². The lowest BCUT2D eigenvalue weighted by Gasteiger charge is -2.08. The average Bonchev–Trinajstić information content (AvgIpc) is 2.40. The van der Waals surface area contributed by atoms with Crippen molar-refractivity contribution < 1.29 is 0 Å². The van der Waals surface area contributed by atoms with Crippen molar-refractivity contribution in [3.63, 3.8) is 0 Å². The quantitative estimate of drug-likeness (QED) is 0.652. The zero-order chi connectivity index (χ0) is 8.06. The molecule has 3 atom stereocenters. The summed E-state index contributed by atoms with van der Waals surface area (Å²) in [4.78, 5) is 0. The van der Waals surface area contributed by atoms with Crippen molar-refractivity contribution in [1.82, 2.24) is 0 Å². The molecule has 1 unspecified atom stereocenters. The summed E-state index contributed by atoms with van der Waals surface area (Å²) in [6.45, 7) is 4.61. The summed E-state index contributed by atoms with van der Waals surface area (Å²) in [5.74, 6) is 2.18. The van der Waals surface area contributed by atoms with Crippen molar-refractivity contribution >= 4 is 11.8 Å². The molecule has 0 aromatic heterocycles. The van der Waals surface area contributed by atoms with Gasteiger partial charge in [0.25, 0.3) is 0 Å². The van der Waals surface area contributed by atoms with E-state index >= 15 is 0 Å². The molecule has 0 amide bonds. The second-order valence-corrected chi connectivity index (χ2v) is 5.77. The van der Waals surface area contributed by atoms with Gasteiger partial charge in [0.2, 0.25) is 0 Å². The van der Waals surface area contributed by atoms with Crippen LogP contribution in [0.25, 0.3) is 0 Å². The van der Waals surface area contributed by atoms with Crippen molar-refractivity contribution in [2.24, 2.45) is 17.1 Å². The van der Waals surface area contributed by atoms with Gasteiger partial charge in [0.1, 0.15) is 0 Å². The number of hydrogen-bond donors (Lipinski definition) is 1. The van der Waals surface area contributed by atoms with E-state index in [2.05, 4.69) is 25.6 Å². The second-order valence-electron chi connectivity index (χ2n) is 4.42. The molecule has 2 fully saturated rings. The minimum atomic E-state index is 0.446. The van der Waals surface area contributed by atoms with E-state index in [4.69, 9.17) is 5.73 Å². The Hall–Kier alpha value is 0.310. The summed E-state index contributed by atoms with van der Waals surface area (Å²) in [5.41, 5.74) is 6.46. The largest absolute Gasteiger partial charge is 0.327 e. The van der Waals surface area contributed by atoms with E-state index in [1.54, 1.807) is 0 Å². The molecule has 1 nitrogen and oxygen atoms in total. The maximum atomic E-state index is 6.01. The van der Waals surface area contributed by atoms with Crippen LogP contribution in [0.3, 0.4) is 0 Å². The zero-order valence-corrected chi connectivity index (χ0v) is 8.16. The molecular weight excluding hydrogens is 154 g/mol. The number of hydrogen-bond acceptors (Lipinski definition) is 2. The lowest BCUT2D eigenvalue weighted by atomic mass is 10.1. The normalized spacial score (nSPS) is 47.7. The van der Waals surface area contributed by atoms with E-state index in [-0.39, 0.29) is 0 Å². The maximum absolute atomic E-state index is 6.01. The highest BCUT2D eigenvalue weighted by molar-refractivity contribution is 8.00. The summed E-state index contributed by atoms with van der Waals surface area (Å²) >= 11 is 2.14. The van der Waals surface area contributed by atoms with Gasteiger partial charge in [0.15, 0.2) is 0 Å². The van der Waals surface area contributed by atoms with Gasteiger partial charge < -0.3 is 5.73 Å². The van der Waals surface area contributed by atoms with Crippen LogP contribution < -0.4 is 5.73 Å². The fraction of sp³-hybridized carbons (Fsp3) is 1.00. The predicted octanol–water partition coefficient (Wildman–Crippen LogP) is 1.87. The molecule has 0 aromatic rings. The molecule has 64 valence electrons. The third kappa shape index (κ3) is 1.11. The van der Waals surface area contributed by atoms with Crippen LogP contribution in [0.2, 0.25) is 0 Å². The molecule has 1 saturated carbocycles. The monoisotopic (exact) mass is 171 g/mol. The van der Waals surface area contributed by atoms with Crippen molar-refractivity contribution in [2.75, 3.05) is 5.75 Å². The van der Waals surface area contributed by atoms with Crippen LogP contribution in [0, 0.1) is 11.3 Å². The fourth-order valence-corrected chi connectivity index (χ4v) is 4.01. The van der Waals surface area contributed by atoms with Gasteiger partial charge in [-0.15, -0.1) is 0 Å². The van der Waals surface area contributed by atoms with E-state index in [9.17, 15) is 0 Å². The van der Waals surface area contributed by atoms with Gasteiger partial charge in [0.05, 0.1) is 0 Å². The Morgan fingerprint density at radius 1 is 1.45 bits per heavy atom. The van der Waals surface area contributed by atoms with Gasteiger partial charge in [-0.05, 0) is 29.9 Å². The molecular formula is C9H17NS.